The number of carbonyl (C=O) groups excluding carboxylic acids is 2. The van der Waals surface area contributed by atoms with E-state index in [0.717, 1.165) is 14.5 Å². The number of hydrogen-bond donors (Lipinski definition) is 2. The second kappa shape index (κ2) is 5.75. The molecule has 0 spiro atoms. The van der Waals surface area contributed by atoms with Crippen LogP contribution in [-0.4, -0.2) is 18.5 Å². The summed E-state index contributed by atoms with van der Waals surface area (Å²) >= 11 is 6.81. The summed E-state index contributed by atoms with van der Waals surface area (Å²) < 4.78 is 7.00. The van der Waals surface area contributed by atoms with Crippen molar-refractivity contribution >= 4 is 49.9 Å². The zero-order valence-corrected chi connectivity index (χ0v) is 13.1. The van der Waals surface area contributed by atoms with E-state index in [1.165, 1.54) is 0 Å². The number of benzene rings is 1. The highest BCUT2D eigenvalue weighted by molar-refractivity contribution is 9.11. The lowest BCUT2D eigenvalue weighted by molar-refractivity contribution is -0.115. The van der Waals surface area contributed by atoms with Crippen molar-refractivity contribution in [1.82, 2.24) is 10.6 Å². The Morgan fingerprint density at radius 1 is 1.21 bits per heavy atom. The number of carbonyl (C=O) groups is 2. The van der Waals surface area contributed by atoms with Gasteiger partial charge in [0.05, 0.1) is 15.6 Å². The van der Waals surface area contributed by atoms with Crippen LogP contribution in [0, 0.1) is 0 Å². The van der Waals surface area contributed by atoms with Gasteiger partial charge in [0, 0.05) is 0 Å². The second-order valence-electron chi connectivity index (χ2n) is 3.71. The van der Waals surface area contributed by atoms with E-state index in [1.807, 2.05) is 6.92 Å². The first kappa shape index (κ1) is 14.1. The summed E-state index contributed by atoms with van der Waals surface area (Å²) in [5.41, 5.74) is 0.975. The van der Waals surface area contributed by atoms with Crippen molar-refractivity contribution in [3.8, 4) is 5.75 Å². The molecule has 1 aromatic rings. The number of nitrogens with one attached hydrogen (secondary N) is 2. The average molecular weight is 390 g/mol. The maximum absolute atomic E-state index is 11.4. The molecule has 3 amide bonds. The van der Waals surface area contributed by atoms with Crippen molar-refractivity contribution in [2.45, 2.75) is 6.92 Å². The molecule has 1 aromatic carbocycles. The third-order valence-corrected chi connectivity index (χ3v) is 3.52. The molecule has 1 aliphatic rings. The van der Waals surface area contributed by atoms with Gasteiger partial charge in [-0.1, -0.05) is 0 Å². The lowest BCUT2D eigenvalue weighted by Crippen LogP contribution is -2.22. The summed E-state index contributed by atoms with van der Waals surface area (Å²) in [6.45, 7) is 2.45. The predicted octanol–water partition coefficient (Wildman–Crippen LogP) is 2.79. The van der Waals surface area contributed by atoms with E-state index in [0.29, 0.717) is 12.4 Å². The van der Waals surface area contributed by atoms with E-state index in [-0.39, 0.29) is 5.70 Å². The van der Waals surface area contributed by atoms with Crippen molar-refractivity contribution in [2.75, 3.05) is 6.61 Å². The van der Waals surface area contributed by atoms with Gasteiger partial charge in [-0.2, -0.15) is 0 Å². The van der Waals surface area contributed by atoms with Gasteiger partial charge < -0.3 is 10.1 Å². The number of amides is 3. The van der Waals surface area contributed by atoms with Crippen LogP contribution in [0.15, 0.2) is 26.8 Å². The first-order valence-corrected chi connectivity index (χ1v) is 7.05. The Morgan fingerprint density at radius 3 is 2.32 bits per heavy atom. The molecular weight excluding hydrogens is 380 g/mol. The maximum Gasteiger partial charge on any atom is 0.326 e. The van der Waals surface area contributed by atoms with E-state index in [4.69, 9.17) is 4.74 Å². The smallest absolute Gasteiger partial charge is 0.326 e. The van der Waals surface area contributed by atoms with E-state index >= 15 is 0 Å². The molecule has 2 rings (SSSR count). The number of rotatable bonds is 3. The van der Waals surface area contributed by atoms with Gasteiger partial charge in [-0.05, 0) is 62.6 Å². The minimum absolute atomic E-state index is 0.216. The number of imide groups is 1. The SMILES string of the molecule is CCOc1c(Br)cc(/C=C2\NC(=O)NC2=O)cc1Br. The van der Waals surface area contributed by atoms with Gasteiger partial charge in [-0.25, -0.2) is 4.79 Å². The molecule has 100 valence electrons. The minimum atomic E-state index is -0.514. The highest BCUT2D eigenvalue weighted by Crippen LogP contribution is 2.35. The molecule has 7 heteroatoms. The fourth-order valence-electron chi connectivity index (χ4n) is 1.59. The molecule has 2 N–H and O–H groups in total. The maximum atomic E-state index is 11.4. The Hall–Kier alpha value is -1.34. The van der Waals surface area contributed by atoms with Gasteiger partial charge >= 0.3 is 6.03 Å². The van der Waals surface area contributed by atoms with Gasteiger partial charge in [0.25, 0.3) is 5.91 Å². The molecule has 1 fully saturated rings. The van der Waals surface area contributed by atoms with Crippen molar-refractivity contribution < 1.29 is 14.3 Å². The van der Waals surface area contributed by atoms with Crippen LogP contribution in [0.1, 0.15) is 12.5 Å². The van der Waals surface area contributed by atoms with Crippen LogP contribution in [0.2, 0.25) is 0 Å². The summed E-state index contributed by atoms with van der Waals surface area (Å²) in [7, 11) is 0. The Morgan fingerprint density at radius 2 is 1.84 bits per heavy atom. The summed E-state index contributed by atoms with van der Waals surface area (Å²) in [4.78, 5) is 22.4. The molecule has 0 bridgehead atoms. The number of halogens is 2. The summed E-state index contributed by atoms with van der Waals surface area (Å²) in [6.07, 6.45) is 1.59. The fraction of sp³-hybridized carbons (Fsp3) is 0.167. The van der Waals surface area contributed by atoms with Crippen LogP contribution < -0.4 is 15.4 Å². The molecule has 19 heavy (non-hydrogen) atoms. The minimum Gasteiger partial charge on any atom is -0.492 e. The lowest BCUT2D eigenvalue weighted by Gasteiger charge is -2.09. The standard InChI is InChI=1S/C12H10Br2N2O3/c1-2-19-10-7(13)3-6(4-8(10)14)5-9-11(17)16-12(18)15-9/h3-5H,2H2,1H3,(H2,15,16,17,18)/b9-5-. The highest BCUT2D eigenvalue weighted by Gasteiger charge is 2.22. The first-order valence-electron chi connectivity index (χ1n) is 5.47. The van der Waals surface area contributed by atoms with Crippen molar-refractivity contribution in [1.29, 1.82) is 0 Å². The molecule has 1 heterocycles. The van der Waals surface area contributed by atoms with Crippen molar-refractivity contribution in [3.63, 3.8) is 0 Å². The molecule has 0 saturated carbocycles. The monoisotopic (exact) mass is 388 g/mol. The van der Waals surface area contributed by atoms with E-state index in [2.05, 4.69) is 42.5 Å². The summed E-state index contributed by atoms with van der Waals surface area (Å²) in [6, 6.07) is 3.10. The second-order valence-corrected chi connectivity index (χ2v) is 5.42. The van der Waals surface area contributed by atoms with Gasteiger partial charge in [0.15, 0.2) is 0 Å². The Bertz CT molecular complexity index is 561. The molecule has 5 nitrogen and oxygen atoms in total. The molecule has 0 atom stereocenters. The normalized spacial score (nSPS) is 16.5. The molecule has 1 aliphatic heterocycles. The van der Waals surface area contributed by atoms with Crippen LogP contribution in [0.4, 0.5) is 4.79 Å². The van der Waals surface area contributed by atoms with Gasteiger partial charge in [0.1, 0.15) is 11.4 Å². The number of hydrogen-bond acceptors (Lipinski definition) is 3. The van der Waals surface area contributed by atoms with Crippen molar-refractivity contribution in [3.05, 3.63) is 32.3 Å². The Labute approximate surface area is 126 Å². The largest absolute Gasteiger partial charge is 0.492 e. The number of urea groups is 1. The number of ether oxygens (including phenoxy) is 1. The Kier molecular flexibility index (Phi) is 4.26. The topological polar surface area (TPSA) is 67.4 Å². The third-order valence-electron chi connectivity index (χ3n) is 2.34. The summed E-state index contributed by atoms with van der Waals surface area (Å²) in [5, 5.41) is 4.57. The average Bonchev–Trinajstić information content (AvgIpc) is 2.62. The fourth-order valence-corrected chi connectivity index (χ4v) is 3.04. The lowest BCUT2D eigenvalue weighted by atomic mass is 10.2. The molecule has 0 aliphatic carbocycles. The third kappa shape index (κ3) is 3.16. The van der Waals surface area contributed by atoms with Crippen LogP contribution in [0.3, 0.4) is 0 Å². The van der Waals surface area contributed by atoms with E-state index in [1.54, 1.807) is 18.2 Å². The zero-order chi connectivity index (χ0) is 14.0. The van der Waals surface area contributed by atoms with Gasteiger partial charge in [-0.15, -0.1) is 0 Å². The van der Waals surface area contributed by atoms with Crippen LogP contribution >= 0.6 is 31.9 Å². The highest BCUT2D eigenvalue weighted by atomic mass is 79.9. The Balaban J connectivity index is 2.35. The molecule has 1 saturated heterocycles. The van der Waals surface area contributed by atoms with Gasteiger partial charge in [0.2, 0.25) is 0 Å². The van der Waals surface area contributed by atoms with Gasteiger partial charge in [-0.3, -0.25) is 10.1 Å². The van der Waals surface area contributed by atoms with E-state index < -0.39 is 11.9 Å². The molecule has 0 radical (unpaired) electrons. The first-order chi connectivity index (χ1) is 9.01. The van der Waals surface area contributed by atoms with Crippen molar-refractivity contribution in [2.24, 2.45) is 0 Å². The zero-order valence-electron chi connectivity index (χ0n) is 9.92. The van der Waals surface area contributed by atoms with Crippen LogP contribution in [0.25, 0.3) is 6.08 Å². The molecule has 0 aromatic heterocycles. The van der Waals surface area contributed by atoms with Crippen LogP contribution in [0.5, 0.6) is 5.75 Å². The van der Waals surface area contributed by atoms with E-state index in [9.17, 15) is 9.59 Å². The molecular formula is C12H10Br2N2O3. The summed E-state index contributed by atoms with van der Waals surface area (Å²) in [5.74, 6) is 0.260. The quantitative estimate of drug-likeness (QED) is 0.617. The molecule has 0 unspecified atom stereocenters. The predicted molar refractivity (Wildman–Crippen MR) is 77.7 cm³/mol. The van der Waals surface area contributed by atoms with Crippen LogP contribution in [-0.2, 0) is 4.79 Å².